The fraction of sp³-hybridized carbons (Fsp3) is 0.333. The molecule has 0 saturated heterocycles. The predicted octanol–water partition coefficient (Wildman–Crippen LogP) is 4.77. The van der Waals surface area contributed by atoms with E-state index in [1.54, 1.807) is 18.7 Å². The summed E-state index contributed by atoms with van der Waals surface area (Å²) >= 11 is 1.62. The van der Waals surface area contributed by atoms with Crippen molar-refractivity contribution in [3.63, 3.8) is 0 Å². The van der Waals surface area contributed by atoms with E-state index in [-0.39, 0.29) is 0 Å². The monoisotopic (exact) mass is 575 g/mol. The summed E-state index contributed by atoms with van der Waals surface area (Å²) in [6, 6.07) is 27.8. The molecule has 7 nitrogen and oxygen atoms in total. The number of amides is 1. The van der Waals surface area contributed by atoms with Crippen molar-refractivity contribution < 1.29 is 29.0 Å². The summed E-state index contributed by atoms with van der Waals surface area (Å²) in [6.45, 7) is 1.13. The highest BCUT2D eigenvalue weighted by atomic mass is 32.2. The Kier molecular flexibility index (Phi) is 13.1. The van der Waals surface area contributed by atoms with Crippen molar-refractivity contribution in [2.45, 2.75) is 38.6 Å². The van der Waals surface area contributed by atoms with Crippen molar-refractivity contribution in [2.24, 2.45) is 11.8 Å². The van der Waals surface area contributed by atoms with Gasteiger partial charge in [-0.3, -0.25) is 19.2 Å². The van der Waals surface area contributed by atoms with Crippen molar-refractivity contribution >= 4 is 35.4 Å². The molecule has 0 aliphatic heterocycles. The van der Waals surface area contributed by atoms with Crippen LogP contribution in [0.2, 0.25) is 0 Å². The lowest BCUT2D eigenvalue weighted by Gasteiger charge is -2.20. The van der Waals surface area contributed by atoms with Gasteiger partial charge in [0.15, 0.2) is 12.4 Å². The first-order valence-electron chi connectivity index (χ1n) is 13.7. The maximum atomic E-state index is 13.1. The number of esters is 1. The van der Waals surface area contributed by atoms with Crippen LogP contribution in [0.25, 0.3) is 0 Å². The van der Waals surface area contributed by atoms with Crippen LogP contribution < -0.4 is 5.32 Å². The van der Waals surface area contributed by atoms with E-state index in [4.69, 9.17) is 4.74 Å². The molecule has 0 saturated carbocycles. The van der Waals surface area contributed by atoms with E-state index in [2.05, 4.69) is 17.4 Å². The summed E-state index contributed by atoms with van der Waals surface area (Å²) in [5.74, 6) is -2.44. The molecule has 0 radical (unpaired) electrons. The minimum absolute atomic E-state index is 0.408. The number of benzene rings is 3. The van der Waals surface area contributed by atoms with Crippen molar-refractivity contribution in [1.29, 1.82) is 0 Å². The number of Topliss-reactive ketones (excluding diaryl/α,β-unsaturated/α-hetero) is 1. The molecule has 2 atom stereocenters. The highest BCUT2D eigenvalue weighted by Gasteiger charge is 2.28. The van der Waals surface area contributed by atoms with Gasteiger partial charge in [0.25, 0.3) is 0 Å². The Labute approximate surface area is 245 Å². The molecule has 8 heteroatoms. The number of carboxylic acid groups (broad SMARTS) is 1. The van der Waals surface area contributed by atoms with Crippen LogP contribution in [0.4, 0.5) is 0 Å². The lowest BCUT2D eigenvalue weighted by atomic mass is 9.92. The van der Waals surface area contributed by atoms with Crippen LogP contribution in [0.3, 0.4) is 0 Å². The number of nitrogens with one attached hydrogen (secondary N) is 1. The highest BCUT2D eigenvalue weighted by Crippen LogP contribution is 2.17. The van der Waals surface area contributed by atoms with Crippen LogP contribution in [0.5, 0.6) is 0 Å². The van der Waals surface area contributed by atoms with Gasteiger partial charge in [-0.05, 0) is 41.7 Å². The van der Waals surface area contributed by atoms with Gasteiger partial charge in [-0.15, -0.1) is 0 Å². The normalized spacial score (nSPS) is 12.3. The molecule has 2 unspecified atom stereocenters. The third kappa shape index (κ3) is 11.6. The summed E-state index contributed by atoms with van der Waals surface area (Å²) in [5.41, 5.74) is 3.14. The molecule has 0 fully saturated rings. The largest absolute Gasteiger partial charge is 0.481 e. The van der Waals surface area contributed by atoms with E-state index in [0.717, 1.165) is 23.3 Å². The summed E-state index contributed by atoms with van der Waals surface area (Å²) in [4.78, 5) is 50.3. The standard InChI is InChI=1S/C33H37NO6S/c1-24(23-41-18-17-25-11-5-2-6-12-25)32(38)34-29(21-31(36)37)30(35)22-40-33(39)28(19-26-13-7-3-8-14-26)20-27-15-9-4-10-16-27/h2-16,24,28-29H,17-23H2,1H3,(H,34,38)(H,36,37). The average Bonchev–Trinajstić information content (AvgIpc) is 2.98. The molecule has 0 bridgehead atoms. The zero-order chi connectivity index (χ0) is 29.5. The molecule has 216 valence electrons. The maximum Gasteiger partial charge on any atom is 0.310 e. The van der Waals surface area contributed by atoms with Crippen LogP contribution in [-0.2, 0) is 43.2 Å². The van der Waals surface area contributed by atoms with E-state index in [1.165, 1.54) is 5.56 Å². The Hall–Kier alpha value is -3.91. The van der Waals surface area contributed by atoms with Gasteiger partial charge in [0.05, 0.1) is 12.3 Å². The Morgan fingerprint density at radius 3 is 1.83 bits per heavy atom. The number of carboxylic acids is 1. The third-order valence-corrected chi connectivity index (χ3v) is 7.85. The molecule has 0 heterocycles. The molecule has 0 spiro atoms. The number of thioether (sulfide) groups is 1. The van der Waals surface area contributed by atoms with Crippen molar-refractivity contribution in [3.8, 4) is 0 Å². The molecule has 2 N–H and O–H groups in total. The van der Waals surface area contributed by atoms with Crippen molar-refractivity contribution in [2.75, 3.05) is 18.1 Å². The van der Waals surface area contributed by atoms with Gasteiger partial charge < -0.3 is 15.2 Å². The van der Waals surface area contributed by atoms with E-state index < -0.39 is 54.5 Å². The maximum absolute atomic E-state index is 13.1. The summed E-state index contributed by atoms with van der Waals surface area (Å²) in [5, 5.41) is 11.9. The Bertz CT molecular complexity index is 1210. The summed E-state index contributed by atoms with van der Waals surface area (Å²) in [7, 11) is 0. The van der Waals surface area contributed by atoms with Crippen LogP contribution in [0, 0.1) is 11.8 Å². The van der Waals surface area contributed by atoms with E-state index in [1.807, 2.05) is 78.9 Å². The molecule has 3 rings (SSSR count). The number of aryl methyl sites for hydroxylation is 1. The zero-order valence-electron chi connectivity index (χ0n) is 23.2. The quantitative estimate of drug-likeness (QED) is 0.176. The van der Waals surface area contributed by atoms with Gasteiger partial charge in [-0.25, -0.2) is 0 Å². The third-order valence-electron chi connectivity index (χ3n) is 6.62. The van der Waals surface area contributed by atoms with Crippen LogP contribution in [-0.4, -0.2) is 52.9 Å². The van der Waals surface area contributed by atoms with Crippen LogP contribution >= 0.6 is 11.8 Å². The Morgan fingerprint density at radius 1 is 0.805 bits per heavy atom. The van der Waals surface area contributed by atoms with Gasteiger partial charge in [-0.2, -0.15) is 11.8 Å². The number of hydrogen-bond acceptors (Lipinski definition) is 6. The number of carbonyl (C=O) groups is 4. The predicted molar refractivity (Wildman–Crippen MR) is 161 cm³/mol. The summed E-state index contributed by atoms with van der Waals surface area (Å²) < 4.78 is 5.40. The Balaban J connectivity index is 1.54. The Morgan fingerprint density at radius 2 is 1.32 bits per heavy atom. The molecule has 3 aromatic carbocycles. The highest BCUT2D eigenvalue weighted by molar-refractivity contribution is 7.99. The van der Waals surface area contributed by atoms with E-state index in [0.29, 0.717) is 18.6 Å². The van der Waals surface area contributed by atoms with Gasteiger partial charge in [0, 0.05) is 11.7 Å². The van der Waals surface area contributed by atoms with Gasteiger partial charge in [-0.1, -0.05) is 97.9 Å². The lowest BCUT2D eigenvalue weighted by Crippen LogP contribution is -2.46. The lowest BCUT2D eigenvalue weighted by molar-refractivity contribution is -0.153. The summed E-state index contributed by atoms with van der Waals surface area (Å²) in [6.07, 6.45) is 1.14. The molecular weight excluding hydrogens is 538 g/mol. The number of carbonyl (C=O) groups excluding carboxylic acids is 3. The molecule has 0 aliphatic carbocycles. The molecule has 1 amide bonds. The number of hydrogen-bond donors (Lipinski definition) is 2. The number of rotatable bonds is 17. The topological polar surface area (TPSA) is 110 Å². The second kappa shape index (κ2) is 17.0. The molecule has 0 aromatic heterocycles. The number of ether oxygens (including phenoxy) is 1. The second-order valence-corrected chi connectivity index (χ2v) is 11.2. The van der Waals surface area contributed by atoms with E-state index in [9.17, 15) is 24.3 Å². The first-order chi connectivity index (χ1) is 19.8. The van der Waals surface area contributed by atoms with E-state index >= 15 is 0 Å². The fourth-order valence-electron chi connectivity index (χ4n) is 4.30. The van der Waals surface area contributed by atoms with Crippen LogP contribution in [0.15, 0.2) is 91.0 Å². The smallest absolute Gasteiger partial charge is 0.310 e. The zero-order valence-corrected chi connectivity index (χ0v) is 24.1. The van der Waals surface area contributed by atoms with Crippen molar-refractivity contribution in [1.82, 2.24) is 5.32 Å². The first-order valence-corrected chi connectivity index (χ1v) is 14.9. The molecule has 41 heavy (non-hydrogen) atoms. The SMILES string of the molecule is CC(CSCCc1ccccc1)C(=O)NC(CC(=O)O)C(=O)COC(=O)C(Cc1ccccc1)Cc1ccccc1. The minimum atomic E-state index is -1.29. The number of ketones is 1. The van der Waals surface area contributed by atoms with Crippen molar-refractivity contribution in [3.05, 3.63) is 108 Å². The van der Waals surface area contributed by atoms with Gasteiger partial charge >= 0.3 is 11.9 Å². The minimum Gasteiger partial charge on any atom is -0.481 e. The fourth-order valence-corrected chi connectivity index (χ4v) is 5.35. The first kappa shape index (κ1) is 31.6. The molecule has 0 aliphatic rings. The second-order valence-electron chi connectivity index (χ2n) is 10.0. The molecule has 3 aromatic rings. The van der Waals surface area contributed by atoms with Gasteiger partial charge in [0.2, 0.25) is 5.91 Å². The molecular formula is C33H37NO6S. The number of aliphatic carboxylic acids is 1. The average molecular weight is 576 g/mol. The van der Waals surface area contributed by atoms with Gasteiger partial charge in [0.1, 0.15) is 6.04 Å². The van der Waals surface area contributed by atoms with Crippen LogP contribution in [0.1, 0.15) is 30.0 Å².